The maximum absolute atomic E-state index is 2.40. The third-order valence-electron chi connectivity index (χ3n) is 3.57. The highest BCUT2D eigenvalue weighted by atomic mass is 14.2. The van der Waals surface area contributed by atoms with Gasteiger partial charge >= 0.3 is 0 Å². The van der Waals surface area contributed by atoms with Crippen molar-refractivity contribution in [1.82, 2.24) is 0 Å². The molecule has 0 aliphatic rings. The molecule has 0 aliphatic heterocycles. The van der Waals surface area contributed by atoms with Gasteiger partial charge in [-0.15, -0.1) is 0 Å². The molecule has 0 heterocycles. The van der Waals surface area contributed by atoms with E-state index >= 15 is 0 Å². The van der Waals surface area contributed by atoms with Crippen LogP contribution in [0.4, 0.5) is 0 Å². The van der Waals surface area contributed by atoms with Crippen LogP contribution in [0.25, 0.3) is 0 Å². The lowest BCUT2D eigenvalue weighted by molar-refractivity contribution is 0.273. The predicted molar refractivity (Wildman–Crippen MR) is 63.5 cm³/mol. The van der Waals surface area contributed by atoms with Crippen molar-refractivity contribution in [3.63, 3.8) is 0 Å². The summed E-state index contributed by atoms with van der Waals surface area (Å²) in [5.74, 6) is 0. The van der Waals surface area contributed by atoms with Crippen molar-refractivity contribution in [1.29, 1.82) is 0 Å². The van der Waals surface area contributed by atoms with Gasteiger partial charge in [-0.3, -0.25) is 0 Å². The molecule has 14 heavy (non-hydrogen) atoms. The third kappa shape index (κ3) is 3.17. The van der Waals surface area contributed by atoms with E-state index < -0.39 is 0 Å². The van der Waals surface area contributed by atoms with E-state index in [-0.39, 0.29) is 0 Å². The highest BCUT2D eigenvalue weighted by Crippen LogP contribution is 2.30. The van der Waals surface area contributed by atoms with E-state index in [2.05, 4.69) is 51.1 Å². The second kappa shape index (κ2) is 5.19. The predicted octanol–water partition coefficient (Wildman–Crippen LogP) is 4.45. The summed E-state index contributed by atoms with van der Waals surface area (Å²) in [4.78, 5) is 0. The summed E-state index contributed by atoms with van der Waals surface area (Å²) in [6.07, 6.45) is 5.11. The van der Waals surface area contributed by atoms with Crippen molar-refractivity contribution in [2.45, 2.75) is 46.5 Å². The molecule has 0 nitrogen and oxygen atoms in total. The fourth-order valence-electron chi connectivity index (χ4n) is 1.69. The van der Waals surface area contributed by atoms with Gasteiger partial charge in [0.05, 0.1) is 0 Å². The third-order valence-corrected chi connectivity index (χ3v) is 3.57. The SMILES string of the molecule is CCC(C)(CC)CCc1ccccc1. The zero-order valence-electron chi connectivity index (χ0n) is 9.72. The highest BCUT2D eigenvalue weighted by Gasteiger charge is 2.18. The Morgan fingerprint density at radius 3 is 2.07 bits per heavy atom. The normalized spacial score (nSPS) is 11.6. The van der Waals surface area contributed by atoms with Crippen LogP contribution in [0.2, 0.25) is 0 Å². The van der Waals surface area contributed by atoms with Crippen LogP contribution >= 0.6 is 0 Å². The van der Waals surface area contributed by atoms with Gasteiger partial charge in [0.15, 0.2) is 0 Å². The number of rotatable bonds is 5. The number of aryl methyl sites for hydroxylation is 1. The van der Waals surface area contributed by atoms with Crippen LogP contribution in [-0.2, 0) is 6.42 Å². The maximum Gasteiger partial charge on any atom is -0.0274 e. The molecule has 0 bridgehead atoms. The van der Waals surface area contributed by atoms with E-state index in [1.807, 2.05) is 0 Å². The second-order valence-electron chi connectivity index (χ2n) is 4.50. The lowest BCUT2D eigenvalue weighted by Crippen LogP contribution is -2.14. The van der Waals surface area contributed by atoms with Crippen LogP contribution < -0.4 is 0 Å². The van der Waals surface area contributed by atoms with Crippen LogP contribution in [0.1, 0.15) is 45.6 Å². The summed E-state index contributed by atoms with van der Waals surface area (Å²) in [5, 5.41) is 0. The molecule has 0 radical (unpaired) electrons. The average Bonchev–Trinajstić information content (AvgIpc) is 2.27. The topological polar surface area (TPSA) is 0 Å². The fourth-order valence-corrected chi connectivity index (χ4v) is 1.69. The molecule has 1 rings (SSSR count). The first-order valence-electron chi connectivity index (χ1n) is 5.74. The van der Waals surface area contributed by atoms with E-state index in [4.69, 9.17) is 0 Å². The first-order valence-corrected chi connectivity index (χ1v) is 5.74. The van der Waals surface area contributed by atoms with Crippen LogP contribution in [0.15, 0.2) is 30.3 Å². The first-order chi connectivity index (χ1) is 6.70. The smallest absolute Gasteiger partial charge is 0.0274 e. The minimum atomic E-state index is 0.538. The Hall–Kier alpha value is -0.780. The summed E-state index contributed by atoms with van der Waals surface area (Å²) in [6, 6.07) is 10.8. The molecule has 0 heteroatoms. The molecule has 0 fully saturated rings. The molecule has 78 valence electrons. The van der Waals surface area contributed by atoms with Crippen LogP contribution in [0.5, 0.6) is 0 Å². The van der Waals surface area contributed by atoms with Gasteiger partial charge in [0, 0.05) is 0 Å². The standard InChI is InChI=1S/C14H22/c1-4-14(3,5-2)12-11-13-9-7-6-8-10-13/h6-10H,4-5,11-12H2,1-3H3. The Balaban J connectivity index is 2.48. The fraction of sp³-hybridized carbons (Fsp3) is 0.571. The van der Waals surface area contributed by atoms with Crippen molar-refractivity contribution >= 4 is 0 Å². The largest absolute Gasteiger partial charge is 0.0649 e. The zero-order chi connectivity index (χ0) is 10.4. The van der Waals surface area contributed by atoms with Gasteiger partial charge < -0.3 is 0 Å². The van der Waals surface area contributed by atoms with Crippen molar-refractivity contribution < 1.29 is 0 Å². The minimum Gasteiger partial charge on any atom is -0.0649 e. The first kappa shape index (κ1) is 11.3. The Bertz CT molecular complexity index is 244. The minimum absolute atomic E-state index is 0.538. The Labute approximate surface area is 88.4 Å². The molecule has 0 saturated heterocycles. The van der Waals surface area contributed by atoms with Gasteiger partial charge in [-0.2, -0.15) is 0 Å². The molecule has 0 unspecified atom stereocenters. The van der Waals surface area contributed by atoms with Crippen molar-refractivity contribution in [3.05, 3.63) is 35.9 Å². The summed E-state index contributed by atoms with van der Waals surface area (Å²) in [6.45, 7) is 7.00. The van der Waals surface area contributed by atoms with Gasteiger partial charge in [0.2, 0.25) is 0 Å². The number of benzene rings is 1. The van der Waals surface area contributed by atoms with Crippen LogP contribution in [0.3, 0.4) is 0 Å². The lowest BCUT2D eigenvalue weighted by Gasteiger charge is -2.26. The van der Waals surface area contributed by atoms with Gasteiger partial charge in [-0.25, -0.2) is 0 Å². The number of hydrogen-bond donors (Lipinski definition) is 0. The lowest BCUT2D eigenvalue weighted by atomic mass is 9.79. The second-order valence-corrected chi connectivity index (χ2v) is 4.50. The van der Waals surface area contributed by atoms with E-state index in [1.54, 1.807) is 0 Å². The molecule has 0 N–H and O–H groups in total. The molecule has 0 aliphatic carbocycles. The Morgan fingerprint density at radius 2 is 1.57 bits per heavy atom. The molecular formula is C14H22. The average molecular weight is 190 g/mol. The van der Waals surface area contributed by atoms with Gasteiger partial charge in [0.25, 0.3) is 0 Å². The van der Waals surface area contributed by atoms with E-state index in [9.17, 15) is 0 Å². The van der Waals surface area contributed by atoms with Gasteiger partial charge in [-0.05, 0) is 23.8 Å². The molecule has 0 amide bonds. The van der Waals surface area contributed by atoms with Crippen molar-refractivity contribution in [3.8, 4) is 0 Å². The quantitative estimate of drug-likeness (QED) is 0.643. The zero-order valence-corrected chi connectivity index (χ0v) is 9.72. The summed E-state index contributed by atoms with van der Waals surface area (Å²) < 4.78 is 0. The Kier molecular flexibility index (Phi) is 4.19. The monoisotopic (exact) mass is 190 g/mol. The summed E-state index contributed by atoms with van der Waals surface area (Å²) >= 11 is 0. The molecule has 1 aromatic rings. The molecule has 0 spiro atoms. The number of hydrogen-bond acceptors (Lipinski definition) is 0. The van der Waals surface area contributed by atoms with E-state index in [1.165, 1.54) is 31.2 Å². The summed E-state index contributed by atoms with van der Waals surface area (Å²) in [7, 11) is 0. The highest BCUT2D eigenvalue weighted by molar-refractivity contribution is 5.14. The summed E-state index contributed by atoms with van der Waals surface area (Å²) in [5.41, 5.74) is 2.01. The van der Waals surface area contributed by atoms with Crippen LogP contribution in [-0.4, -0.2) is 0 Å². The van der Waals surface area contributed by atoms with Crippen molar-refractivity contribution in [2.75, 3.05) is 0 Å². The molecule has 0 aromatic heterocycles. The molecule has 0 saturated carbocycles. The van der Waals surface area contributed by atoms with E-state index in [0.29, 0.717) is 5.41 Å². The van der Waals surface area contributed by atoms with Crippen LogP contribution in [0, 0.1) is 5.41 Å². The van der Waals surface area contributed by atoms with E-state index in [0.717, 1.165) is 0 Å². The van der Waals surface area contributed by atoms with Gasteiger partial charge in [-0.1, -0.05) is 63.9 Å². The molecule has 1 aromatic carbocycles. The molecular weight excluding hydrogens is 168 g/mol. The van der Waals surface area contributed by atoms with Crippen molar-refractivity contribution in [2.24, 2.45) is 5.41 Å². The molecule has 0 atom stereocenters. The maximum atomic E-state index is 2.40. The van der Waals surface area contributed by atoms with Gasteiger partial charge in [0.1, 0.15) is 0 Å². The Morgan fingerprint density at radius 1 is 1.00 bits per heavy atom.